The predicted molar refractivity (Wildman–Crippen MR) is 69.1 cm³/mol. The lowest BCUT2D eigenvalue weighted by Crippen LogP contribution is -2.42. The number of nitrogens with one attached hydrogen (secondary N) is 1. The highest BCUT2D eigenvalue weighted by Crippen LogP contribution is 2.28. The normalized spacial score (nSPS) is 23.4. The fourth-order valence-corrected chi connectivity index (χ4v) is 2.23. The van der Waals surface area contributed by atoms with Gasteiger partial charge in [0.25, 0.3) is 0 Å². The molecular formula is C14H16N2O. The number of anilines is 1. The minimum absolute atomic E-state index is 0.196. The summed E-state index contributed by atoms with van der Waals surface area (Å²) < 4.78 is 0. The summed E-state index contributed by atoms with van der Waals surface area (Å²) in [6, 6.07) is 10.4. The Hall–Kier alpha value is -1.61. The zero-order chi connectivity index (χ0) is 11.8. The van der Waals surface area contributed by atoms with Gasteiger partial charge in [0.15, 0.2) is 0 Å². The van der Waals surface area contributed by atoms with Gasteiger partial charge in [0.1, 0.15) is 0 Å². The molecule has 1 aromatic carbocycles. The van der Waals surface area contributed by atoms with Crippen LogP contribution in [0, 0.1) is 6.92 Å². The molecule has 0 spiro atoms. The lowest BCUT2D eigenvalue weighted by Gasteiger charge is -2.34. The number of aromatic nitrogens is 1. The third-order valence-corrected chi connectivity index (χ3v) is 3.45. The average Bonchev–Trinajstić information content (AvgIpc) is 2.33. The van der Waals surface area contributed by atoms with Crippen molar-refractivity contribution in [3.8, 4) is 0 Å². The Morgan fingerprint density at radius 2 is 2.12 bits per heavy atom. The Labute approximate surface area is 100 Å². The summed E-state index contributed by atoms with van der Waals surface area (Å²) in [7, 11) is 0. The van der Waals surface area contributed by atoms with Crippen molar-refractivity contribution >= 4 is 16.6 Å². The van der Waals surface area contributed by atoms with Crippen molar-refractivity contribution in [1.82, 2.24) is 4.98 Å². The zero-order valence-corrected chi connectivity index (χ0v) is 9.85. The second-order valence-corrected chi connectivity index (χ2v) is 4.72. The van der Waals surface area contributed by atoms with E-state index in [1.165, 1.54) is 0 Å². The van der Waals surface area contributed by atoms with Crippen molar-refractivity contribution in [2.75, 3.05) is 5.32 Å². The van der Waals surface area contributed by atoms with E-state index in [1.54, 1.807) is 0 Å². The maximum Gasteiger partial charge on any atom is 0.0741 e. The number of hydrogen-bond donors (Lipinski definition) is 2. The Morgan fingerprint density at radius 1 is 1.24 bits per heavy atom. The Morgan fingerprint density at radius 3 is 2.82 bits per heavy atom. The summed E-state index contributed by atoms with van der Waals surface area (Å²) in [5, 5.41) is 14.1. The van der Waals surface area contributed by atoms with Crippen molar-refractivity contribution in [2.24, 2.45) is 0 Å². The van der Waals surface area contributed by atoms with Gasteiger partial charge in [-0.05, 0) is 44.0 Å². The molecule has 2 N–H and O–H groups in total. The van der Waals surface area contributed by atoms with Crippen molar-refractivity contribution < 1.29 is 5.11 Å². The summed E-state index contributed by atoms with van der Waals surface area (Å²) in [6.07, 6.45) is 1.74. The number of aliphatic hydroxyl groups excluding tert-OH is 1. The number of benzene rings is 1. The predicted octanol–water partition coefficient (Wildman–Crippen LogP) is 2.48. The Kier molecular flexibility index (Phi) is 2.48. The molecule has 2 atom stereocenters. The molecule has 1 heterocycles. The third kappa shape index (κ3) is 1.87. The van der Waals surface area contributed by atoms with Gasteiger partial charge < -0.3 is 10.4 Å². The summed E-state index contributed by atoms with van der Waals surface area (Å²) in [5.74, 6) is 0. The lowest BCUT2D eigenvalue weighted by atomic mass is 9.89. The van der Waals surface area contributed by atoms with Crippen LogP contribution in [0.4, 0.5) is 5.69 Å². The van der Waals surface area contributed by atoms with Gasteiger partial charge in [-0.2, -0.15) is 0 Å². The molecule has 0 radical (unpaired) electrons. The van der Waals surface area contributed by atoms with Gasteiger partial charge in [-0.1, -0.05) is 6.07 Å². The van der Waals surface area contributed by atoms with Gasteiger partial charge in [0.05, 0.1) is 17.7 Å². The highest BCUT2D eigenvalue weighted by molar-refractivity contribution is 5.91. The van der Waals surface area contributed by atoms with E-state index in [-0.39, 0.29) is 12.1 Å². The van der Waals surface area contributed by atoms with Crippen LogP contribution >= 0.6 is 0 Å². The monoisotopic (exact) mass is 228 g/mol. The second-order valence-electron chi connectivity index (χ2n) is 4.72. The van der Waals surface area contributed by atoms with Crippen LogP contribution in [0.5, 0.6) is 0 Å². The lowest BCUT2D eigenvalue weighted by molar-refractivity contribution is 0.0787. The molecule has 17 heavy (non-hydrogen) atoms. The maximum atomic E-state index is 9.61. The van der Waals surface area contributed by atoms with E-state index >= 15 is 0 Å². The van der Waals surface area contributed by atoms with Crippen LogP contribution in [0.2, 0.25) is 0 Å². The molecule has 88 valence electrons. The van der Waals surface area contributed by atoms with Crippen molar-refractivity contribution in [3.63, 3.8) is 0 Å². The van der Waals surface area contributed by atoms with E-state index in [0.717, 1.165) is 35.1 Å². The first kappa shape index (κ1) is 10.5. The van der Waals surface area contributed by atoms with Crippen molar-refractivity contribution in [2.45, 2.75) is 31.9 Å². The van der Waals surface area contributed by atoms with Crippen LogP contribution in [0.1, 0.15) is 18.5 Å². The number of fused-ring (bicyclic) bond motifs is 1. The number of hydrogen-bond acceptors (Lipinski definition) is 3. The molecule has 1 aliphatic carbocycles. The SMILES string of the molecule is Cc1ccc2c(N[C@H]3CC[C@@H]3O)cccc2n1. The first-order chi connectivity index (χ1) is 8.24. The smallest absolute Gasteiger partial charge is 0.0741 e. The number of rotatable bonds is 2. The van der Waals surface area contributed by atoms with E-state index in [9.17, 15) is 5.11 Å². The topological polar surface area (TPSA) is 45.1 Å². The molecule has 0 bridgehead atoms. The second kappa shape index (κ2) is 4.00. The fraction of sp³-hybridized carbons (Fsp3) is 0.357. The largest absolute Gasteiger partial charge is 0.391 e. The molecule has 0 unspecified atom stereocenters. The summed E-state index contributed by atoms with van der Waals surface area (Å²) in [6.45, 7) is 2.00. The fourth-order valence-electron chi connectivity index (χ4n) is 2.23. The molecular weight excluding hydrogens is 212 g/mol. The number of pyridine rings is 1. The molecule has 3 nitrogen and oxygen atoms in total. The van der Waals surface area contributed by atoms with Crippen LogP contribution in [0.3, 0.4) is 0 Å². The van der Waals surface area contributed by atoms with Gasteiger partial charge in [-0.25, -0.2) is 0 Å². The molecule has 0 saturated heterocycles. The van der Waals surface area contributed by atoms with Gasteiger partial charge >= 0.3 is 0 Å². The molecule has 1 aliphatic rings. The first-order valence-corrected chi connectivity index (χ1v) is 6.05. The van der Waals surface area contributed by atoms with Gasteiger partial charge in [-0.15, -0.1) is 0 Å². The van der Waals surface area contributed by atoms with E-state index in [4.69, 9.17) is 0 Å². The molecule has 2 aromatic rings. The molecule has 1 fully saturated rings. The van der Waals surface area contributed by atoms with Gasteiger partial charge in [-0.3, -0.25) is 4.98 Å². The minimum Gasteiger partial charge on any atom is -0.391 e. The van der Waals surface area contributed by atoms with Crippen LogP contribution in [-0.2, 0) is 0 Å². The molecule has 1 saturated carbocycles. The molecule has 1 aromatic heterocycles. The third-order valence-electron chi connectivity index (χ3n) is 3.45. The van der Waals surface area contributed by atoms with Gasteiger partial charge in [0, 0.05) is 16.8 Å². The van der Waals surface area contributed by atoms with E-state index < -0.39 is 0 Å². The number of aryl methyl sites for hydroxylation is 1. The maximum absolute atomic E-state index is 9.61. The number of aliphatic hydroxyl groups is 1. The molecule has 0 aliphatic heterocycles. The quantitative estimate of drug-likeness (QED) is 0.830. The highest BCUT2D eigenvalue weighted by Gasteiger charge is 2.28. The highest BCUT2D eigenvalue weighted by atomic mass is 16.3. The van der Waals surface area contributed by atoms with Crippen LogP contribution < -0.4 is 5.32 Å². The van der Waals surface area contributed by atoms with E-state index in [1.807, 2.05) is 31.2 Å². The standard InChI is InChI=1S/C14H16N2O/c1-9-5-6-10-11(15-9)3-2-4-12(10)16-13-7-8-14(13)17/h2-6,13-14,16-17H,7-8H2,1H3/t13-,14-/m0/s1. The van der Waals surface area contributed by atoms with Gasteiger partial charge in [0.2, 0.25) is 0 Å². The van der Waals surface area contributed by atoms with E-state index in [2.05, 4.69) is 16.4 Å². The minimum atomic E-state index is -0.205. The number of nitrogens with zero attached hydrogens (tertiary/aromatic N) is 1. The van der Waals surface area contributed by atoms with E-state index in [0.29, 0.717) is 0 Å². The Balaban J connectivity index is 1.98. The van der Waals surface area contributed by atoms with Crippen LogP contribution in [-0.4, -0.2) is 22.2 Å². The summed E-state index contributed by atoms with van der Waals surface area (Å²) in [5.41, 5.74) is 3.10. The molecule has 3 rings (SSSR count). The molecule has 0 amide bonds. The zero-order valence-electron chi connectivity index (χ0n) is 9.85. The van der Waals surface area contributed by atoms with Crippen molar-refractivity contribution in [1.29, 1.82) is 0 Å². The van der Waals surface area contributed by atoms with Crippen molar-refractivity contribution in [3.05, 3.63) is 36.0 Å². The molecule has 3 heteroatoms. The first-order valence-electron chi connectivity index (χ1n) is 6.05. The summed E-state index contributed by atoms with van der Waals surface area (Å²) in [4.78, 5) is 4.50. The Bertz CT molecular complexity index is 553. The average molecular weight is 228 g/mol. The van der Waals surface area contributed by atoms with Crippen LogP contribution in [0.25, 0.3) is 10.9 Å². The van der Waals surface area contributed by atoms with Crippen LogP contribution in [0.15, 0.2) is 30.3 Å². The summed E-state index contributed by atoms with van der Waals surface area (Å²) >= 11 is 0.